The van der Waals surface area contributed by atoms with Crippen molar-refractivity contribution in [1.29, 1.82) is 0 Å². The summed E-state index contributed by atoms with van der Waals surface area (Å²) in [5.41, 5.74) is -0.839. The van der Waals surface area contributed by atoms with Crippen molar-refractivity contribution >= 4 is 5.69 Å². The number of hydrogen-bond acceptors (Lipinski definition) is 7. The Hall–Kier alpha value is -2.29. The van der Waals surface area contributed by atoms with E-state index in [9.17, 15) is 10.1 Å². The van der Waals surface area contributed by atoms with E-state index >= 15 is 0 Å². The highest BCUT2D eigenvalue weighted by atomic mass is 16.6. The average Bonchev–Trinajstić information content (AvgIpc) is 3.07. The van der Waals surface area contributed by atoms with Crippen molar-refractivity contribution in [1.82, 2.24) is 25.2 Å². The van der Waals surface area contributed by atoms with E-state index < -0.39 is 10.5 Å². The zero-order chi connectivity index (χ0) is 15.6. The highest BCUT2D eigenvalue weighted by molar-refractivity contribution is 5.22. The maximum atomic E-state index is 10.7. The summed E-state index contributed by atoms with van der Waals surface area (Å²) in [6.07, 6.45) is 3.18. The van der Waals surface area contributed by atoms with Gasteiger partial charge in [0, 0.05) is 12.5 Å². The SMILES string of the molecule is CNC(C)Cc1noc(C(C)(C)n2cc([N+](=O)[O-])cn2)n1. The van der Waals surface area contributed by atoms with Gasteiger partial charge in [0.15, 0.2) is 5.82 Å². The van der Waals surface area contributed by atoms with Gasteiger partial charge in [-0.3, -0.25) is 14.8 Å². The molecular formula is C12H18N6O3. The number of aromatic nitrogens is 4. The molecule has 2 rings (SSSR count). The average molecular weight is 294 g/mol. The second kappa shape index (κ2) is 5.60. The molecule has 0 fully saturated rings. The molecular weight excluding hydrogens is 276 g/mol. The second-order valence-corrected chi connectivity index (χ2v) is 5.37. The maximum Gasteiger partial charge on any atom is 0.307 e. The van der Waals surface area contributed by atoms with Crippen LogP contribution in [0.1, 0.15) is 32.5 Å². The molecule has 0 amide bonds. The summed E-state index contributed by atoms with van der Waals surface area (Å²) >= 11 is 0. The predicted octanol–water partition coefficient (Wildman–Crippen LogP) is 1.11. The monoisotopic (exact) mass is 294 g/mol. The number of likely N-dealkylation sites (N-methyl/N-ethyl adjacent to an activating group) is 1. The maximum absolute atomic E-state index is 10.7. The number of hydrogen-bond donors (Lipinski definition) is 1. The van der Waals surface area contributed by atoms with E-state index in [4.69, 9.17) is 4.52 Å². The lowest BCUT2D eigenvalue weighted by Gasteiger charge is -2.19. The highest BCUT2D eigenvalue weighted by Gasteiger charge is 2.32. The van der Waals surface area contributed by atoms with Gasteiger partial charge in [0.1, 0.15) is 17.9 Å². The molecule has 0 saturated carbocycles. The Labute approximate surface area is 121 Å². The number of nitrogens with zero attached hydrogens (tertiary/aromatic N) is 5. The molecule has 2 aromatic rings. The van der Waals surface area contributed by atoms with Crippen molar-refractivity contribution in [3.8, 4) is 0 Å². The molecule has 0 aliphatic heterocycles. The molecule has 0 radical (unpaired) electrons. The molecule has 1 unspecified atom stereocenters. The van der Waals surface area contributed by atoms with E-state index in [1.54, 1.807) is 0 Å². The van der Waals surface area contributed by atoms with Crippen molar-refractivity contribution in [2.45, 2.75) is 38.8 Å². The van der Waals surface area contributed by atoms with Crippen LogP contribution in [-0.2, 0) is 12.0 Å². The molecule has 0 aromatic carbocycles. The fourth-order valence-electron chi connectivity index (χ4n) is 1.77. The predicted molar refractivity (Wildman–Crippen MR) is 73.8 cm³/mol. The third-order valence-electron chi connectivity index (χ3n) is 3.33. The lowest BCUT2D eigenvalue weighted by atomic mass is 10.1. The van der Waals surface area contributed by atoms with Gasteiger partial charge in [-0.2, -0.15) is 10.1 Å². The smallest absolute Gasteiger partial charge is 0.307 e. The fraction of sp³-hybridized carbons (Fsp3) is 0.583. The zero-order valence-corrected chi connectivity index (χ0v) is 12.4. The summed E-state index contributed by atoms with van der Waals surface area (Å²) in [6.45, 7) is 5.63. The van der Waals surface area contributed by atoms with Gasteiger partial charge in [-0.15, -0.1) is 0 Å². The van der Waals surface area contributed by atoms with Crippen LogP contribution in [0.25, 0.3) is 0 Å². The Morgan fingerprint density at radius 3 is 2.86 bits per heavy atom. The summed E-state index contributed by atoms with van der Waals surface area (Å²) in [7, 11) is 1.86. The Morgan fingerprint density at radius 1 is 1.57 bits per heavy atom. The molecule has 0 spiro atoms. The van der Waals surface area contributed by atoms with Crippen LogP contribution in [0.2, 0.25) is 0 Å². The summed E-state index contributed by atoms with van der Waals surface area (Å²) < 4.78 is 6.73. The van der Waals surface area contributed by atoms with Crippen molar-refractivity contribution < 1.29 is 9.45 Å². The molecule has 0 aliphatic carbocycles. The second-order valence-electron chi connectivity index (χ2n) is 5.37. The highest BCUT2D eigenvalue weighted by Crippen LogP contribution is 2.25. The first-order valence-electron chi connectivity index (χ1n) is 6.54. The van der Waals surface area contributed by atoms with Crippen molar-refractivity contribution in [3.63, 3.8) is 0 Å². The van der Waals surface area contributed by atoms with Crippen LogP contribution < -0.4 is 5.32 Å². The molecule has 1 atom stereocenters. The van der Waals surface area contributed by atoms with Gasteiger partial charge in [0.2, 0.25) is 0 Å². The molecule has 0 bridgehead atoms. The van der Waals surface area contributed by atoms with Crippen LogP contribution in [0, 0.1) is 10.1 Å². The molecule has 0 saturated heterocycles. The standard InChI is InChI=1S/C12H18N6O3/c1-8(13-4)5-10-15-11(21-16-10)12(2,3)17-7-9(6-14-17)18(19)20/h6-8,13H,5H2,1-4H3. The van der Waals surface area contributed by atoms with Crippen LogP contribution in [0.3, 0.4) is 0 Å². The number of nitrogens with one attached hydrogen (secondary N) is 1. The van der Waals surface area contributed by atoms with E-state index in [0.29, 0.717) is 18.1 Å². The van der Waals surface area contributed by atoms with Gasteiger partial charge in [-0.1, -0.05) is 5.16 Å². The topological polar surface area (TPSA) is 112 Å². The van der Waals surface area contributed by atoms with Crippen molar-refractivity contribution in [2.75, 3.05) is 7.05 Å². The molecule has 1 N–H and O–H groups in total. The minimum absolute atomic E-state index is 0.0772. The Balaban J connectivity index is 2.24. The van der Waals surface area contributed by atoms with E-state index in [1.807, 2.05) is 27.8 Å². The van der Waals surface area contributed by atoms with Crippen LogP contribution in [-0.4, -0.2) is 37.9 Å². The van der Waals surface area contributed by atoms with Gasteiger partial charge in [-0.05, 0) is 27.8 Å². The molecule has 0 aliphatic rings. The Morgan fingerprint density at radius 2 is 2.29 bits per heavy atom. The Kier molecular flexibility index (Phi) is 4.03. The summed E-state index contributed by atoms with van der Waals surface area (Å²) in [6, 6.07) is 0.226. The lowest BCUT2D eigenvalue weighted by Crippen LogP contribution is -2.29. The summed E-state index contributed by atoms with van der Waals surface area (Å²) in [5, 5.41) is 21.8. The van der Waals surface area contributed by atoms with Crippen molar-refractivity contribution in [2.24, 2.45) is 0 Å². The lowest BCUT2D eigenvalue weighted by molar-refractivity contribution is -0.385. The number of rotatable bonds is 6. The minimum Gasteiger partial charge on any atom is -0.337 e. The fourth-order valence-corrected chi connectivity index (χ4v) is 1.77. The van der Waals surface area contributed by atoms with E-state index in [-0.39, 0.29) is 11.7 Å². The molecule has 21 heavy (non-hydrogen) atoms. The number of nitro groups is 1. The van der Waals surface area contributed by atoms with Gasteiger partial charge in [0.25, 0.3) is 5.89 Å². The summed E-state index contributed by atoms with van der Waals surface area (Å²) in [4.78, 5) is 14.6. The Bertz CT molecular complexity index is 632. The van der Waals surface area contributed by atoms with Crippen LogP contribution in [0.5, 0.6) is 0 Å². The molecule has 9 heteroatoms. The van der Waals surface area contributed by atoms with Crippen LogP contribution >= 0.6 is 0 Å². The van der Waals surface area contributed by atoms with Gasteiger partial charge >= 0.3 is 5.69 Å². The van der Waals surface area contributed by atoms with Crippen LogP contribution in [0.4, 0.5) is 5.69 Å². The third kappa shape index (κ3) is 3.07. The summed E-state index contributed by atoms with van der Waals surface area (Å²) in [5.74, 6) is 0.945. The normalized spacial score (nSPS) is 13.3. The van der Waals surface area contributed by atoms with Gasteiger partial charge in [0.05, 0.1) is 4.92 Å². The first-order chi connectivity index (χ1) is 9.84. The van der Waals surface area contributed by atoms with E-state index in [0.717, 1.165) is 0 Å². The quantitative estimate of drug-likeness (QED) is 0.627. The first kappa shape index (κ1) is 15.1. The third-order valence-corrected chi connectivity index (χ3v) is 3.33. The largest absolute Gasteiger partial charge is 0.337 e. The first-order valence-corrected chi connectivity index (χ1v) is 6.54. The van der Waals surface area contributed by atoms with Crippen LogP contribution in [0.15, 0.2) is 16.9 Å². The van der Waals surface area contributed by atoms with E-state index in [2.05, 4.69) is 20.6 Å². The van der Waals surface area contributed by atoms with Crippen molar-refractivity contribution in [3.05, 3.63) is 34.2 Å². The molecule has 9 nitrogen and oxygen atoms in total. The van der Waals surface area contributed by atoms with Gasteiger partial charge in [-0.25, -0.2) is 0 Å². The molecule has 114 valence electrons. The molecule has 2 heterocycles. The zero-order valence-electron chi connectivity index (χ0n) is 12.4. The van der Waals surface area contributed by atoms with Gasteiger partial charge < -0.3 is 9.84 Å². The molecule has 2 aromatic heterocycles. The van der Waals surface area contributed by atoms with E-state index in [1.165, 1.54) is 17.1 Å². The minimum atomic E-state index is -0.762.